The molecule has 0 bridgehead atoms. The number of ether oxygens (including phenoxy) is 1. The van der Waals surface area contributed by atoms with Gasteiger partial charge in [-0.25, -0.2) is 0 Å². The quantitative estimate of drug-likeness (QED) is 0.184. The molecule has 2 aromatic carbocycles. The van der Waals surface area contributed by atoms with Crippen molar-refractivity contribution in [3.05, 3.63) is 69.8 Å². The molecule has 41 heavy (non-hydrogen) atoms. The van der Waals surface area contributed by atoms with Crippen molar-refractivity contribution >= 4 is 58.2 Å². The summed E-state index contributed by atoms with van der Waals surface area (Å²) in [6.07, 6.45) is 1.69. The summed E-state index contributed by atoms with van der Waals surface area (Å²) in [6, 6.07) is 9.55. The molecule has 212 valence electrons. The van der Waals surface area contributed by atoms with Gasteiger partial charge in [0.25, 0.3) is 17.5 Å². The van der Waals surface area contributed by atoms with Crippen LogP contribution in [0, 0.1) is 27.9 Å². The van der Waals surface area contributed by atoms with Gasteiger partial charge in [0.05, 0.1) is 29.6 Å². The lowest BCUT2D eigenvalue weighted by Gasteiger charge is -2.50. The standard InChI is InChI=1S/C28H23Cl2N3O8/c1-31-25(37)27(29)12-19-16(22(28(27,30)26(31)38)17-8-7-15(41-2)11-20(17)34)9-10-18-21(19)24(36)32(23(18)35)13-3-5-14(6-4-13)33(39)40/h3-9,11,18-19,21-22,34H,10,12H2,1-2H3. The van der Waals surface area contributed by atoms with E-state index in [0.29, 0.717) is 11.3 Å². The predicted octanol–water partition coefficient (Wildman–Crippen LogP) is 3.50. The van der Waals surface area contributed by atoms with Crippen molar-refractivity contribution in [2.75, 3.05) is 19.1 Å². The molecule has 0 aromatic heterocycles. The molecule has 6 atom stereocenters. The number of benzene rings is 2. The number of phenols is 1. The molecule has 3 fully saturated rings. The Labute approximate surface area is 243 Å². The molecular formula is C28H23Cl2N3O8. The van der Waals surface area contributed by atoms with Crippen molar-refractivity contribution in [2.24, 2.45) is 17.8 Å². The molecule has 0 spiro atoms. The maximum Gasteiger partial charge on any atom is 0.269 e. The number of phenolic OH excluding ortho intramolecular Hbond substituents is 1. The zero-order valence-corrected chi connectivity index (χ0v) is 23.3. The van der Waals surface area contributed by atoms with Gasteiger partial charge in [-0.1, -0.05) is 17.7 Å². The Kier molecular flexibility index (Phi) is 5.99. The van der Waals surface area contributed by atoms with Crippen LogP contribution < -0.4 is 9.64 Å². The fraction of sp³-hybridized carbons (Fsp3) is 0.357. The first-order chi connectivity index (χ1) is 19.4. The fourth-order valence-electron chi connectivity index (χ4n) is 6.96. The molecule has 6 rings (SSSR count). The number of allylic oxidation sites excluding steroid dienone is 2. The Bertz CT molecular complexity index is 1590. The second-order valence-corrected chi connectivity index (χ2v) is 11.9. The van der Waals surface area contributed by atoms with Gasteiger partial charge in [0.1, 0.15) is 11.5 Å². The van der Waals surface area contributed by atoms with Gasteiger partial charge < -0.3 is 9.84 Å². The number of hydrogen-bond acceptors (Lipinski definition) is 8. The van der Waals surface area contributed by atoms with Crippen LogP contribution in [0.5, 0.6) is 11.5 Å². The Balaban J connectivity index is 1.49. The number of nitro benzene ring substituents is 1. The van der Waals surface area contributed by atoms with E-state index in [-0.39, 0.29) is 35.5 Å². The van der Waals surface area contributed by atoms with E-state index in [1.165, 1.54) is 50.6 Å². The number of amides is 4. The maximum absolute atomic E-state index is 13.9. The third kappa shape index (κ3) is 3.45. The lowest BCUT2D eigenvalue weighted by atomic mass is 9.56. The molecular weight excluding hydrogens is 577 g/mol. The molecule has 1 N–H and O–H groups in total. The summed E-state index contributed by atoms with van der Waals surface area (Å²) in [7, 11) is 2.71. The van der Waals surface area contributed by atoms with E-state index in [0.717, 1.165) is 9.80 Å². The van der Waals surface area contributed by atoms with E-state index in [9.17, 15) is 34.4 Å². The molecule has 11 nitrogen and oxygen atoms in total. The monoisotopic (exact) mass is 599 g/mol. The van der Waals surface area contributed by atoms with Crippen molar-refractivity contribution < 1.29 is 33.9 Å². The molecule has 2 saturated heterocycles. The fourth-order valence-corrected chi connectivity index (χ4v) is 7.97. The lowest BCUT2D eigenvalue weighted by Crippen LogP contribution is -2.60. The summed E-state index contributed by atoms with van der Waals surface area (Å²) in [6.45, 7) is 0. The van der Waals surface area contributed by atoms with Gasteiger partial charge in [0.15, 0.2) is 9.75 Å². The van der Waals surface area contributed by atoms with E-state index in [4.69, 9.17) is 27.9 Å². The summed E-state index contributed by atoms with van der Waals surface area (Å²) < 4.78 is 5.20. The number of anilines is 1. The van der Waals surface area contributed by atoms with Gasteiger partial charge >= 0.3 is 0 Å². The van der Waals surface area contributed by atoms with Gasteiger partial charge in [-0.2, -0.15) is 0 Å². The first-order valence-corrected chi connectivity index (χ1v) is 13.5. The van der Waals surface area contributed by atoms with Gasteiger partial charge in [-0.05, 0) is 37.0 Å². The van der Waals surface area contributed by atoms with E-state index in [1.807, 2.05) is 0 Å². The Morgan fingerprint density at radius 3 is 2.32 bits per heavy atom. The van der Waals surface area contributed by atoms with Crippen molar-refractivity contribution in [3.8, 4) is 11.5 Å². The highest BCUT2D eigenvalue weighted by molar-refractivity contribution is 6.53. The van der Waals surface area contributed by atoms with Crippen molar-refractivity contribution in [3.63, 3.8) is 0 Å². The number of non-ortho nitro benzene ring substituents is 1. The number of likely N-dealkylation sites (tertiary alicyclic amines) is 1. The number of methoxy groups -OCH3 is 1. The summed E-state index contributed by atoms with van der Waals surface area (Å²) in [5.41, 5.74) is 0.738. The number of carbonyl (C=O) groups excluding carboxylic acids is 4. The predicted molar refractivity (Wildman–Crippen MR) is 146 cm³/mol. The van der Waals surface area contributed by atoms with Gasteiger partial charge in [-0.3, -0.25) is 39.1 Å². The average molecular weight is 600 g/mol. The summed E-state index contributed by atoms with van der Waals surface area (Å²) >= 11 is 14.2. The van der Waals surface area contributed by atoms with Crippen molar-refractivity contribution in [1.29, 1.82) is 0 Å². The van der Waals surface area contributed by atoms with Crippen LogP contribution in [0.15, 0.2) is 54.1 Å². The molecule has 2 heterocycles. The zero-order valence-electron chi connectivity index (χ0n) is 21.7. The summed E-state index contributed by atoms with van der Waals surface area (Å²) in [4.78, 5) is 63.0. The lowest BCUT2D eigenvalue weighted by molar-refractivity contribution is -0.384. The van der Waals surface area contributed by atoms with E-state index < -0.39 is 62.0 Å². The minimum Gasteiger partial charge on any atom is -0.508 e. The van der Waals surface area contributed by atoms with E-state index in [2.05, 4.69) is 0 Å². The van der Waals surface area contributed by atoms with Gasteiger partial charge in [0.2, 0.25) is 11.8 Å². The second-order valence-electron chi connectivity index (χ2n) is 10.7. The molecule has 2 aliphatic heterocycles. The molecule has 2 aliphatic carbocycles. The molecule has 4 aliphatic rings. The van der Waals surface area contributed by atoms with Crippen LogP contribution in [0.2, 0.25) is 0 Å². The normalized spacial score (nSPS) is 32.4. The minimum absolute atomic E-state index is 0.137. The molecule has 0 radical (unpaired) electrons. The molecule has 4 amide bonds. The van der Waals surface area contributed by atoms with Crippen LogP contribution >= 0.6 is 23.2 Å². The van der Waals surface area contributed by atoms with E-state index >= 15 is 0 Å². The minimum atomic E-state index is -2.02. The Morgan fingerprint density at radius 2 is 1.71 bits per heavy atom. The number of fused-ring (bicyclic) bond motifs is 4. The first-order valence-electron chi connectivity index (χ1n) is 12.8. The highest BCUT2D eigenvalue weighted by atomic mass is 35.5. The van der Waals surface area contributed by atoms with Crippen molar-refractivity contribution in [2.45, 2.75) is 28.5 Å². The Hall–Kier alpha value is -3.96. The number of hydrogen-bond donors (Lipinski definition) is 1. The third-order valence-corrected chi connectivity index (χ3v) is 10.3. The molecule has 1 saturated carbocycles. The Morgan fingerprint density at radius 1 is 1.02 bits per heavy atom. The number of alkyl halides is 2. The number of halogens is 2. The highest BCUT2D eigenvalue weighted by Gasteiger charge is 2.76. The number of aromatic hydroxyl groups is 1. The topological polar surface area (TPSA) is 147 Å². The largest absolute Gasteiger partial charge is 0.508 e. The molecule has 2 aromatic rings. The first kappa shape index (κ1) is 27.2. The second kappa shape index (κ2) is 9.02. The number of carbonyl (C=O) groups is 4. The average Bonchev–Trinajstić information content (AvgIpc) is 3.28. The maximum atomic E-state index is 13.9. The van der Waals surface area contributed by atoms with Crippen LogP contribution in [-0.2, 0) is 19.2 Å². The van der Waals surface area contributed by atoms with Crippen LogP contribution in [-0.4, -0.2) is 62.5 Å². The van der Waals surface area contributed by atoms with Crippen LogP contribution in [0.4, 0.5) is 11.4 Å². The van der Waals surface area contributed by atoms with Crippen LogP contribution in [0.1, 0.15) is 24.3 Å². The van der Waals surface area contributed by atoms with Crippen LogP contribution in [0.3, 0.4) is 0 Å². The highest BCUT2D eigenvalue weighted by Crippen LogP contribution is 2.66. The van der Waals surface area contributed by atoms with Gasteiger partial charge in [0, 0.05) is 36.7 Å². The van der Waals surface area contributed by atoms with Crippen LogP contribution in [0.25, 0.3) is 0 Å². The van der Waals surface area contributed by atoms with E-state index in [1.54, 1.807) is 12.1 Å². The number of nitro groups is 1. The van der Waals surface area contributed by atoms with Crippen molar-refractivity contribution in [1.82, 2.24) is 4.90 Å². The molecule has 13 heteroatoms. The number of imide groups is 2. The summed E-state index contributed by atoms with van der Waals surface area (Å²) in [5.74, 6) is -6.00. The third-order valence-electron chi connectivity index (χ3n) is 8.88. The SMILES string of the molecule is COc1ccc(C2C3=CCC4C(=O)N(c5ccc([N+](=O)[O-])cc5)C(=O)C4C3CC3(Cl)C(=O)N(C)C(=O)C23Cl)c(O)c1. The van der Waals surface area contributed by atoms with Gasteiger partial charge in [-0.15, -0.1) is 23.2 Å². The smallest absolute Gasteiger partial charge is 0.269 e. The molecule has 6 unspecified atom stereocenters. The zero-order chi connectivity index (χ0) is 29.6. The number of rotatable bonds is 4. The summed E-state index contributed by atoms with van der Waals surface area (Å²) in [5, 5.41) is 22.1. The number of nitrogens with zero attached hydrogens (tertiary/aromatic N) is 3.